The minimum absolute atomic E-state index is 0.351. The highest BCUT2D eigenvalue weighted by molar-refractivity contribution is 6.44. The van der Waals surface area contributed by atoms with Gasteiger partial charge in [-0.1, -0.05) is 33.6 Å². The third-order valence-electron chi connectivity index (χ3n) is 2.58. The van der Waals surface area contributed by atoms with Gasteiger partial charge in [-0.15, -0.1) is 0 Å². The Balaban J connectivity index is 4.05. The topological polar surface area (TPSA) is 18.5 Å². The number of hydrogen-bond acceptors (Lipinski definition) is 2. The second kappa shape index (κ2) is 8.59. The van der Waals surface area contributed by atoms with Gasteiger partial charge >= 0.3 is 14.8 Å². The fraction of sp³-hybridized carbons (Fsp3) is 1.00. The standard InChI is InChI=1S/2C4H9O.C4H9.Al/c2*1-3-4(2)5;1-4(2)3;/h2*4H,3H2,1-2H3;4H,1H2,2-3H3;/q2*-1;;+2. The van der Waals surface area contributed by atoms with Gasteiger partial charge in [0.2, 0.25) is 0 Å². The molecule has 3 heteroatoms. The zero-order valence-corrected chi connectivity index (χ0v) is 12.4. The maximum atomic E-state index is 6.00. The molecule has 0 rings (SSSR count). The molecular formula is C12H27AlO2. The summed E-state index contributed by atoms with van der Waals surface area (Å²) in [7, 11) is 0. The van der Waals surface area contributed by atoms with E-state index in [4.69, 9.17) is 7.58 Å². The van der Waals surface area contributed by atoms with Crippen LogP contribution < -0.4 is 0 Å². The van der Waals surface area contributed by atoms with Gasteiger partial charge in [0, 0.05) is 12.2 Å². The molecule has 0 aliphatic carbocycles. The molecule has 2 nitrogen and oxygen atoms in total. The van der Waals surface area contributed by atoms with Crippen LogP contribution in [0.5, 0.6) is 0 Å². The van der Waals surface area contributed by atoms with Gasteiger partial charge in [-0.05, 0) is 32.0 Å². The quantitative estimate of drug-likeness (QED) is 0.591. The van der Waals surface area contributed by atoms with Crippen LogP contribution >= 0.6 is 0 Å². The SMILES string of the molecule is CCC(C)[O][Al]([CH2]C(C)C)[O]C(C)CC. The van der Waals surface area contributed by atoms with Crippen LogP contribution in [-0.2, 0) is 7.58 Å². The molecule has 2 atom stereocenters. The zero-order valence-electron chi connectivity index (χ0n) is 11.2. The van der Waals surface area contributed by atoms with Crippen molar-refractivity contribution in [2.45, 2.75) is 71.9 Å². The molecule has 0 aliphatic heterocycles. The summed E-state index contributed by atoms with van der Waals surface area (Å²) in [6, 6.07) is 0. The molecule has 0 aliphatic rings. The third kappa shape index (κ3) is 8.28. The van der Waals surface area contributed by atoms with E-state index in [1.807, 2.05) is 0 Å². The molecule has 0 aromatic heterocycles. The van der Waals surface area contributed by atoms with Crippen molar-refractivity contribution in [2.75, 3.05) is 0 Å². The van der Waals surface area contributed by atoms with Crippen LogP contribution in [0.4, 0.5) is 0 Å². The summed E-state index contributed by atoms with van der Waals surface area (Å²) in [5, 5.41) is 1.12. The van der Waals surface area contributed by atoms with E-state index in [0.29, 0.717) is 18.1 Å². The maximum Gasteiger partial charge on any atom is 0.675 e. The van der Waals surface area contributed by atoms with Crippen molar-refractivity contribution in [1.82, 2.24) is 0 Å². The van der Waals surface area contributed by atoms with Crippen molar-refractivity contribution in [1.29, 1.82) is 0 Å². The van der Waals surface area contributed by atoms with E-state index in [0.717, 1.165) is 18.1 Å². The van der Waals surface area contributed by atoms with Gasteiger partial charge in [0.15, 0.2) is 0 Å². The van der Waals surface area contributed by atoms with Gasteiger partial charge in [-0.25, -0.2) is 0 Å². The highest BCUT2D eigenvalue weighted by atomic mass is 27.2. The van der Waals surface area contributed by atoms with E-state index in [1.54, 1.807) is 0 Å². The lowest BCUT2D eigenvalue weighted by Gasteiger charge is -2.22. The minimum atomic E-state index is -1.44. The summed E-state index contributed by atoms with van der Waals surface area (Å²) in [5.74, 6) is 0.676. The normalized spacial score (nSPS) is 15.4. The van der Waals surface area contributed by atoms with Gasteiger partial charge in [0.25, 0.3) is 0 Å². The predicted molar refractivity (Wildman–Crippen MR) is 67.1 cm³/mol. The van der Waals surface area contributed by atoms with E-state index < -0.39 is 14.8 Å². The fourth-order valence-electron chi connectivity index (χ4n) is 1.24. The minimum Gasteiger partial charge on any atom is -0.476 e. The Labute approximate surface area is 100 Å². The summed E-state index contributed by atoms with van der Waals surface area (Å²) in [5.41, 5.74) is 0. The van der Waals surface area contributed by atoms with Crippen molar-refractivity contribution in [3.05, 3.63) is 0 Å². The van der Waals surface area contributed by atoms with Crippen LogP contribution in [0.2, 0.25) is 5.28 Å². The highest BCUT2D eigenvalue weighted by Crippen LogP contribution is 2.13. The smallest absolute Gasteiger partial charge is 0.476 e. The van der Waals surface area contributed by atoms with Crippen LogP contribution in [0.25, 0.3) is 0 Å². The molecule has 0 aromatic carbocycles. The lowest BCUT2D eigenvalue weighted by Crippen LogP contribution is -2.32. The average Bonchev–Trinajstić information content (AvgIpc) is 2.16. The van der Waals surface area contributed by atoms with Crippen LogP contribution in [0.1, 0.15) is 54.4 Å². The van der Waals surface area contributed by atoms with Crippen LogP contribution in [0, 0.1) is 5.92 Å². The molecule has 0 bridgehead atoms. The van der Waals surface area contributed by atoms with E-state index in [-0.39, 0.29) is 0 Å². The van der Waals surface area contributed by atoms with Crippen molar-refractivity contribution in [3.8, 4) is 0 Å². The molecule has 0 radical (unpaired) electrons. The highest BCUT2D eigenvalue weighted by Gasteiger charge is 2.29. The first-order chi connectivity index (χ1) is 6.99. The first kappa shape index (κ1) is 15.5. The second-order valence-electron chi connectivity index (χ2n) is 4.77. The van der Waals surface area contributed by atoms with E-state index >= 15 is 0 Å². The van der Waals surface area contributed by atoms with Crippen LogP contribution in [0.15, 0.2) is 0 Å². The molecule has 0 amide bonds. The monoisotopic (exact) mass is 230 g/mol. The van der Waals surface area contributed by atoms with Crippen molar-refractivity contribution in [2.24, 2.45) is 5.92 Å². The largest absolute Gasteiger partial charge is 0.675 e. The lowest BCUT2D eigenvalue weighted by atomic mass is 10.3. The molecule has 0 aromatic rings. The van der Waals surface area contributed by atoms with Crippen LogP contribution in [0.3, 0.4) is 0 Å². The molecule has 0 N–H and O–H groups in total. The van der Waals surface area contributed by atoms with Gasteiger partial charge in [0.1, 0.15) is 0 Å². The molecule has 90 valence electrons. The lowest BCUT2D eigenvalue weighted by molar-refractivity contribution is 0.108. The van der Waals surface area contributed by atoms with Crippen molar-refractivity contribution >= 4 is 14.8 Å². The molecule has 0 fully saturated rings. The maximum absolute atomic E-state index is 6.00. The Morgan fingerprint density at radius 2 is 1.27 bits per heavy atom. The van der Waals surface area contributed by atoms with Gasteiger partial charge in [-0.2, -0.15) is 0 Å². The van der Waals surface area contributed by atoms with E-state index in [1.165, 1.54) is 0 Å². The molecule has 2 unspecified atom stereocenters. The van der Waals surface area contributed by atoms with Gasteiger partial charge in [-0.3, -0.25) is 0 Å². The van der Waals surface area contributed by atoms with Crippen molar-refractivity contribution in [3.63, 3.8) is 0 Å². The number of rotatable bonds is 8. The zero-order chi connectivity index (χ0) is 11.8. The molecule has 0 spiro atoms. The van der Waals surface area contributed by atoms with E-state index in [9.17, 15) is 0 Å². The molecule has 0 saturated carbocycles. The van der Waals surface area contributed by atoms with Gasteiger partial charge in [0.05, 0.1) is 0 Å². The van der Waals surface area contributed by atoms with Gasteiger partial charge < -0.3 is 7.58 Å². The Hall–Kier alpha value is 0.452. The number of hydrogen-bond donors (Lipinski definition) is 0. The molecular weight excluding hydrogens is 203 g/mol. The Kier molecular flexibility index (Phi) is 8.85. The Bertz CT molecular complexity index is 139. The summed E-state index contributed by atoms with van der Waals surface area (Å²) in [6.45, 7) is 13.1. The fourth-order valence-corrected chi connectivity index (χ4v) is 3.72. The van der Waals surface area contributed by atoms with Crippen molar-refractivity contribution < 1.29 is 7.58 Å². The van der Waals surface area contributed by atoms with Crippen LogP contribution in [-0.4, -0.2) is 27.0 Å². The molecule has 15 heavy (non-hydrogen) atoms. The predicted octanol–water partition coefficient (Wildman–Crippen LogP) is 3.76. The van der Waals surface area contributed by atoms with E-state index in [2.05, 4.69) is 41.5 Å². The third-order valence-corrected chi connectivity index (χ3v) is 5.45. The summed E-state index contributed by atoms with van der Waals surface area (Å²) in [6.07, 6.45) is 2.85. The Morgan fingerprint density at radius 3 is 1.53 bits per heavy atom. The second-order valence-corrected chi connectivity index (χ2v) is 6.64. The summed E-state index contributed by atoms with van der Waals surface area (Å²) < 4.78 is 12.0. The first-order valence-electron chi connectivity index (χ1n) is 6.30. The summed E-state index contributed by atoms with van der Waals surface area (Å²) >= 11 is -1.44. The molecule has 0 saturated heterocycles. The first-order valence-corrected chi connectivity index (χ1v) is 8.06. The average molecular weight is 230 g/mol. The summed E-state index contributed by atoms with van der Waals surface area (Å²) in [4.78, 5) is 0. The molecule has 0 heterocycles. The Morgan fingerprint density at radius 1 is 0.867 bits per heavy atom.